The monoisotopic (exact) mass is 476 g/mol. The molecule has 6 heteroatoms. The van der Waals surface area contributed by atoms with Gasteiger partial charge in [-0.25, -0.2) is 0 Å². The second-order valence-corrected chi connectivity index (χ2v) is 6.41. The number of nitriles is 1. The highest BCUT2D eigenvalue weighted by Crippen LogP contribution is 2.28. The summed E-state index contributed by atoms with van der Waals surface area (Å²) in [5.41, 5.74) is 3.16. The van der Waals surface area contributed by atoms with Crippen molar-refractivity contribution in [3.05, 3.63) is 65.2 Å². The van der Waals surface area contributed by atoms with Crippen molar-refractivity contribution in [2.75, 3.05) is 27.2 Å². The summed E-state index contributed by atoms with van der Waals surface area (Å²) in [6.45, 7) is 2.64. The van der Waals surface area contributed by atoms with Crippen LogP contribution in [0.3, 0.4) is 0 Å². The first kappa shape index (κ1) is 21.0. The molecule has 2 aromatic carbocycles. The van der Waals surface area contributed by atoms with Gasteiger partial charge in [0, 0.05) is 32.6 Å². The van der Waals surface area contributed by atoms with Crippen molar-refractivity contribution >= 4 is 29.9 Å². The van der Waals surface area contributed by atoms with Crippen LogP contribution in [0, 0.1) is 11.3 Å². The Kier molecular flexibility index (Phi) is 7.92. The van der Waals surface area contributed by atoms with E-state index in [2.05, 4.69) is 33.4 Å². The number of halogens is 1. The van der Waals surface area contributed by atoms with Crippen LogP contribution in [0.2, 0.25) is 0 Å². The van der Waals surface area contributed by atoms with E-state index in [1.165, 1.54) is 5.56 Å². The predicted octanol–water partition coefficient (Wildman–Crippen LogP) is 3.75. The lowest BCUT2D eigenvalue weighted by Gasteiger charge is -2.22. The molecule has 1 heterocycles. The van der Waals surface area contributed by atoms with Gasteiger partial charge < -0.3 is 15.0 Å². The summed E-state index contributed by atoms with van der Waals surface area (Å²) >= 11 is 0. The number of methoxy groups -OCH3 is 1. The number of nitrogens with one attached hydrogen (secondary N) is 1. The molecule has 27 heavy (non-hydrogen) atoms. The molecule has 1 saturated heterocycles. The number of benzene rings is 2. The third kappa shape index (κ3) is 5.36. The zero-order chi connectivity index (χ0) is 18.4. The Balaban J connectivity index is 0.00000261. The van der Waals surface area contributed by atoms with Crippen LogP contribution in [-0.4, -0.2) is 38.1 Å². The lowest BCUT2D eigenvalue weighted by atomic mass is 9.98. The first-order valence-corrected chi connectivity index (χ1v) is 8.82. The highest BCUT2D eigenvalue weighted by molar-refractivity contribution is 14.0. The van der Waals surface area contributed by atoms with E-state index in [9.17, 15) is 0 Å². The summed E-state index contributed by atoms with van der Waals surface area (Å²) in [4.78, 5) is 6.74. The molecule has 0 bridgehead atoms. The summed E-state index contributed by atoms with van der Waals surface area (Å²) < 4.78 is 5.24. The van der Waals surface area contributed by atoms with E-state index in [0.29, 0.717) is 18.0 Å². The van der Waals surface area contributed by atoms with Crippen LogP contribution < -0.4 is 10.1 Å². The van der Waals surface area contributed by atoms with Crippen LogP contribution in [0.25, 0.3) is 0 Å². The lowest BCUT2D eigenvalue weighted by molar-refractivity contribution is 0.414. The fourth-order valence-electron chi connectivity index (χ4n) is 3.31. The molecule has 1 aliphatic rings. The number of hydrogen-bond donors (Lipinski definition) is 1. The van der Waals surface area contributed by atoms with Gasteiger partial charge in [-0.3, -0.25) is 4.99 Å². The third-order valence-electron chi connectivity index (χ3n) is 4.82. The highest BCUT2D eigenvalue weighted by Gasteiger charge is 2.26. The summed E-state index contributed by atoms with van der Waals surface area (Å²) in [6.07, 6.45) is 1.11. The molecule has 3 rings (SSSR count). The smallest absolute Gasteiger partial charge is 0.193 e. The fourth-order valence-corrected chi connectivity index (χ4v) is 3.31. The highest BCUT2D eigenvalue weighted by atomic mass is 127. The van der Waals surface area contributed by atoms with E-state index in [1.54, 1.807) is 7.11 Å². The molecule has 2 aromatic rings. The zero-order valence-electron chi connectivity index (χ0n) is 15.7. The third-order valence-corrected chi connectivity index (χ3v) is 4.82. The molecule has 1 fully saturated rings. The van der Waals surface area contributed by atoms with E-state index in [0.717, 1.165) is 36.8 Å². The van der Waals surface area contributed by atoms with Crippen molar-refractivity contribution in [2.45, 2.75) is 18.9 Å². The first-order chi connectivity index (χ1) is 12.7. The summed E-state index contributed by atoms with van der Waals surface area (Å²) in [7, 11) is 3.51. The van der Waals surface area contributed by atoms with Gasteiger partial charge >= 0.3 is 0 Å². The Bertz CT molecular complexity index is 796. The topological polar surface area (TPSA) is 60.7 Å². The van der Waals surface area contributed by atoms with Crippen molar-refractivity contribution in [1.82, 2.24) is 10.2 Å². The van der Waals surface area contributed by atoms with Gasteiger partial charge in [0.05, 0.1) is 18.7 Å². The summed E-state index contributed by atoms with van der Waals surface area (Å²) in [5, 5.41) is 12.3. The van der Waals surface area contributed by atoms with Gasteiger partial charge in [-0.2, -0.15) is 5.26 Å². The number of guanidine groups is 1. The number of hydrogen-bond acceptors (Lipinski definition) is 3. The molecule has 1 aliphatic heterocycles. The number of likely N-dealkylation sites (tertiary alicyclic amines) is 1. The second kappa shape index (κ2) is 10.2. The maximum atomic E-state index is 8.88. The predicted molar refractivity (Wildman–Crippen MR) is 119 cm³/mol. The van der Waals surface area contributed by atoms with Crippen molar-refractivity contribution in [3.8, 4) is 11.8 Å². The molecule has 0 aliphatic carbocycles. The van der Waals surface area contributed by atoms with Crippen LogP contribution >= 0.6 is 24.0 Å². The maximum Gasteiger partial charge on any atom is 0.193 e. The maximum absolute atomic E-state index is 8.88. The van der Waals surface area contributed by atoms with Crippen LogP contribution in [0.1, 0.15) is 29.0 Å². The number of aliphatic imine (C=N–C) groups is 1. The molecular weight excluding hydrogens is 451 g/mol. The van der Waals surface area contributed by atoms with Crippen molar-refractivity contribution < 1.29 is 4.74 Å². The van der Waals surface area contributed by atoms with Crippen molar-refractivity contribution in [1.29, 1.82) is 5.26 Å². The summed E-state index contributed by atoms with van der Waals surface area (Å²) in [5.74, 6) is 2.32. The van der Waals surface area contributed by atoms with Gasteiger partial charge in [-0.1, -0.05) is 24.3 Å². The normalized spacial score (nSPS) is 16.4. The minimum absolute atomic E-state index is 0. The van der Waals surface area contributed by atoms with Crippen LogP contribution in [0.4, 0.5) is 0 Å². The molecule has 0 radical (unpaired) electrons. The van der Waals surface area contributed by atoms with Gasteiger partial charge in [0.2, 0.25) is 0 Å². The summed E-state index contributed by atoms with van der Waals surface area (Å²) in [6, 6.07) is 18.1. The van der Waals surface area contributed by atoms with E-state index >= 15 is 0 Å². The molecule has 1 N–H and O–H groups in total. The molecule has 0 amide bonds. The molecule has 0 saturated carbocycles. The van der Waals surface area contributed by atoms with Crippen molar-refractivity contribution in [2.24, 2.45) is 4.99 Å². The fraction of sp³-hybridized carbons (Fsp3) is 0.333. The second-order valence-electron chi connectivity index (χ2n) is 6.41. The largest absolute Gasteiger partial charge is 0.497 e. The molecule has 142 valence electrons. The van der Waals surface area contributed by atoms with Crippen LogP contribution in [0.15, 0.2) is 53.5 Å². The van der Waals surface area contributed by atoms with Crippen molar-refractivity contribution in [3.63, 3.8) is 0 Å². The van der Waals surface area contributed by atoms with E-state index in [-0.39, 0.29) is 24.0 Å². The number of nitrogens with zero attached hydrogens (tertiary/aromatic N) is 3. The minimum Gasteiger partial charge on any atom is -0.497 e. The number of rotatable bonds is 4. The first-order valence-electron chi connectivity index (χ1n) is 8.82. The molecular formula is C21H25IN4O. The Morgan fingerprint density at radius 2 is 1.93 bits per heavy atom. The Hall–Kier alpha value is -2.27. The van der Waals surface area contributed by atoms with E-state index < -0.39 is 0 Å². The molecule has 0 spiro atoms. The molecule has 1 unspecified atom stereocenters. The van der Waals surface area contributed by atoms with E-state index in [1.807, 2.05) is 43.4 Å². The number of ether oxygens (including phenoxy) is 1. The quantitative estimate of drug-likeness (QED) is 0.415. The molecule has 0 aromatic heterocycles. The van der Waals surface area contributed by atoms with Crippen LogP contribution in [-0.2, 0) is 6.54 Å². The average molecular weight is 476 g/mol. The lowest BCUT2D eigenvalue weighted by Crippen LogP contribution is -2.39. The Morgan fingerprint density at radius 3 is 2.52 bits per heavy atom. The van der Waals surface area contributed by atoms with Crippen LogP contribution in [0.5, 0.6) is 5.75 Å². The Morgan fingerprint density at radius 1 is 1.22 bits per heavy atom. The minimum atomic E-state index is 0. The van der Waals surface area contributed by atoms with Gasteiger partial charge in [0.25, 0.3) is 0 Å². The van der Waals surface area contributed by atoms with Gasteiger partial charge in [-0.05, 0) is 41.8 Å². The molecule has 1 atom stereocenters. The standard InChI is InChI=1S/C21H24N4O.HI/c1-23-21(24-14-17-5-3-16(13-22)4-6-17)25-12-11-19(15-25)18-7-9-20(26-2)10-8-18;/h3-10,19H,11-12,14-15H2,1-2H3,(H,23,24);1H. The zero-order valence-corrected chi connectivity index (χ0v) is 18.0. The SMILES string of the molecule is CN=C(NCc1ccc(C#N)cc1)N1CCC(c2ccc(OC)cc2)C1.I. The molecule has 5 nitrogen and oxygen atoms in total. The van der Waals surface area contributed by atoms with E-state index in [4.69, 9.17) is 10.00 Å². The Labute approximate surface area is 178 Å². The average Bonchev–Trinajstić information content (AvgIpc) is 3.19. The van der Waals surface area contributed by atoms with Gasteiger partial charge in [-0.15, -0.1) is 24.0 Å². The van der Waals surface area contributed by atoms with Gasteiger partial charge in [0.15, 0.2) is 5.96 Å². The van der Waals surface area contributed by atoms with Gasteiger partial charge in [0.1, 0.15) is 5.75 Å².